The van der Waals surface area contributed by atoms with Gasteiger partial charge in [-0.2, -0.15) is 0 Å². The Labute approximate surface area is 166 Å². The van der Waals surface area contributed by atoms with Crippen LogP contribution in [0.3, 0.4) is 0 Å². The Morgan fingerprint density at radius 3 is 2.25 bits per heavy atom. The molecule has 1 atom stereocenters. The average Bonchev–Trinajstić information content (AvgIpc) is 3.43. The molecule has 4 rings (SSSR count). The number of amides is 3. The van der Waals surface area contributed by atoms with Crippen LogP contribution in [0.15, 0.2) is 24.3 Å². The maximum absolute atomic E-state index is 12.5. The van der Waals surface area contributed by atoms with Crippen LogP contribution in [-0.4, -0.2) is 66.7 Å². The van der Waals surface area contributed by atoms with Crippen molar-refractivity contribution in [2.45, 2.75) is 50.7 Å². The average molecular weight is 387 g/mol. The van der Waals surface area contributed by atoms with Crippen LogP contribution in [0, 0.1) is 0 Å². The van der Waals surface area contributed by atoms with E-state index in [0.717, 1.165) is 37.1 Å². The van der Waals surface area contributed by atoms with Gasteiger partial charge in [-0.05, 0) is 62.8 Å². The van der Waals surface area contributed by atoms with Crippen molar-refractivity contribution in [3.8, 4) is 5.75 Å². The number of carbonyl (C=O) groups is 2. The number of piperazine rings is 1. The van der Waals surface area contributed by atoms with Crippen LogP contribution in [0.2, 0.25) is 0 Å². The fraction of sp³-hybridized carbons (Fsp3) is 0.619. The van der Waals surface area contributed by atoms with Gasteiger partial charge in [-0.1, -0.05) is 0 Å². The van der Waals surface area contributed by atoms with Crippen LogP contribution in [0.25, 0.3) is 0 Å². The molecule has 1 N–H and O–H groups in total. The summed E-state index contributed by atoms with van der Waals surface area (Å²) in [5.41, 5.74) is 0.752. The van der Waals surface area contributed by atoms with E-state index in [1.54, 1.807) is 4.90 Å². The summed E-state index contributed by atoms with van der Waals surface area (Å²) in [4.78, 5) is 28.5. The number of rotatable bonds is 4. The molecule has 2 saturated heterocycles. The maximum atomic E-state index is 12.5. The minimum Gasteiger partial charge on any atom is -0.490 e. The van der Waals surface area contributed by atoms with E-state index < -0.39 is 0 Å². The van der Waals surface area contributed by atoms with E-state index in [-0.39, 0.29) is 18.0 Å². The Hall–Kier alpha value is -2.28. The first-order chi connectivity index (χ1) is 13.7. The molecule has 3 aliphatic rings. The zero-order valence-corrected chi connectivity index (χ0v) is 16.3. The van der Waals surface area contributed by atoms with Gasteiger partial charge in [0.15, 0.2) is 0 Å². The standard InChI is InChI=1S/C21H29N3O4/c25-20(19-6-3-15-27-19)23-11-13-24(14-12-23)21(26)22-16-7-9-18(10-8-16)28-17-4-1-2-5-17/h7-10,17,19H,1-6,11-15H2,(H,22,26)/t19-/m1/s1. The smallest absolute Gasteiger partial charge is 0.321 e. The summed E-state index contributed by atoms with van der Waals surface area (Å²) < 4.78 is 11.4. The van der Waals surface area contributed by atoms with Gasteiger partial charge in [0, 0.05) is 38.5 Å². The van der Waals surface area contributed by atoms with Gasteiger partial charge in [-0.25, -0.2) is 4.79 Å². The van der Waals surface area contributed by atoms with Crippen molar-refractivity contribution in [3.05, 3.63) is 24.3 Å². The molecule has 0 bridgehead atoms. The Balaban J connectivity index is 1.23. The summed E-state index contributed by atoms with van der Waals surface area (Å²) in [5, 5.41) is 2.93. The summed E-state index contributed by atoms with van der Waals surface area (Å²) in [7, 11) is 0. The number of nitrogens with zero attached hydrogens (tertiary/aromatic N) is 2. The predicted octanol–water partition coefficient (Wildman–Crippen LogP) is 2.86. The van der Waals surface area contributed by atoms with Crippen LogP contribution >= 0.6 is 0 Å². The van der Waals surface area contributed by atoms with Gasteiger partial charge in [-0.15, -0.1) is 0 Å². The van der Waals surface area contributed by atoms with Gasteiger partial charge < -0.3 is 24.6 Å². The molecule has 2 heterocycles. The quantitative estimate of drug-likeness (QED) is 0.862. The van der Waals surface area contributed by atoms with E-state index >= 15 is 0 Å². The van der Waals surface area contributed by atoms with Crippen molar-refractivity contribution in [3.63, 3.8) is 0 Å². The summed E-state index contributed by atoms with van der Waals surface area (Å²) in [6.45, 7) is 2.85. The zero-order valence-electron chi connectivity index (χ0n) is 16.3. The number of nitrogens with one attached hydrogen (secondary N) is 1. The van der Waals surface area contributed by atoms with Crippen LogP contribution < -0.4 is 10.1 Å². The van der Waals surface area contributed by atoms with Crippen molar-refractivity contribution in [1.29, 1.82) is 0 Å². The largest absolute Gasteiger partial charge is 0.490 e. The molecular weight excluding hydrogens is 358 g/mol. The second kappa shape index (κ2) is 8.82. The van der Waals surface area contributed by atoms with E-state index in [4.69, 9.17) is 9.47 Å². The third kappa shape index (κ3) is 4.58. The Morgan fingerprint density at radius 2 is 1.61 bits per heavy atom. The highest BCUT2D eigenvalue weighted by atomic mass is 16.5. The fourth-order valence-corrected chi connectivity index (χ4v) is 4.12. The third-order valence-corrected chi connectivity index (χ3v) is 5.79. The van der Waals surface area contributed by atoms with Gasteiger partial charge in [-0.3, -0.25) is 4.79 Å². The Bertz CT molecular complexity index is 673. The van der Waals surface area contributed by atoms with Gasteiger partial charge >= 0.3 is 6.03 Å². The molecule has 7 nitrogen and oxygen atoms in total. The molecule has 1 aliphatic carbocycles. The predicted molar refractivity (Wildman–Crippen MR) is 105 cm³/mol. The van der Waals surface area contributed by atoms with Crippen LogP contribution in [0.5, 0.6) is 5.75 Å². The molecule has 0 unspecified atom stereocenters. The van der Waals surface area contributed by atoms with E-state index in [1.807, 2.05) is 29.2 Å². The summed E-state index contributed by atoms with van der Waals surface area (Å²) in [5.74, 6) is 0.918. The zero-order chi connectivity index (χ0) is 19.3. The molecule has 0 spiro atoms. The first-order valence-corrected chi connectivity index (χ1v) is 10.4. The first kappa shape index (κ1) is 19.1. The van der Waals surface area contributed by atoms with Crippen molar-refractivity contribution >= 4 is 17.6 Å². The minimum atomic E-state index is -0.287. The van der Waals surface area contributed by atoms with E-state index in [1.165, 1.54) is 12.8 Å². The van der Waals surface area contributed by atoms with Crippen LogP contribution in [0.4, 0.5) is 10.5 Å². The number of hydrogen-bond donors (Lipinski definition) is 1. The number of urea groups is 1. The molecule has 28 heavy (non-hydrogen) atoms. The summed E-state index contributed by atoms with van der Waals surface area (Å²) in [6.07, 6.45) is 6.53. The normalized spacial score (nSPS) is 23.1. The first-order valence-electron chi connectivity index (χ1n) is 10.4. The molecule has 1 aromatic rings. The summed E-state index contributed by atoms with van der Waals surface area (Å²) in [6, 6.07) is 7.44. The number of benzene rings is 1. The lowest BCUT2D eigenvalue weighted by atomic mass is 10.2. The van der Waals surface area contributed by atoms with Crippen molar-refractivity contribution < 1.29 is 19.1 Å². The molecule has 3 fully saturated rings. The monoisotopic (exact) mass is 387 g/mol. The number of ether oxygens (including phenoxy) is 2. The minimum absolute atomic E-state index is 0.0652. The highest BCUT2D eigenvalue weighted by Gasteiger charge is 2.31. The highest BCUT2D eigenvalue weighted by molar-refractivity contribution is 5.89. The van der Waals surface area contributed by atoms with E-state index in [2.05, 4.69) is 5.32 Å². The highest BCUT2D eigenvalue weighted by Crippen LogP contribution is 2.25. The van der Waals surface area contributed by atoms with E-state index in [9.17, 15) is 9.59 Å². The summed E-state index contributed by atoms with van der Waals surface area (Å²) >= 11 is 0. The second-order valence-electron chi connectivity index (χ2n) is 7.79. The number of hydrogen-bond acceptors (Lipinski definition) is 4. The molecule has 152 valence electrons. The lowest BCUT2D eigenvalue weighted by Gasteiger charge is -2.35. The van der Waals surface area contributed by atoms with Crippen molar-refractivity contribution in [2.24, 2.45) is 0 Å². The molecule has 0 radical (unpaired) electrons. The Kier molecular flexibility index (Phi) is 6.00. The maximum Gasteiger partial charge on any atom is 0.321 e. The van der Waals surface area contributed by atoms with Crippen LogP contribution in [-0.2, 0) is 9.53 Å². The molecule has 7 heteroatoms. The molecule has 3 amide bonds. The van der Waals surface area contributed by atoms with Crippen molar-refractivity contribution in [1.82, 2.24) is 9.80 Å². The lowest BCUT2D eigenvalue weighted by Crippen LogP contribution is -2.53. The number of anilines is 1. The topological polar surface area (TPSA) is 71.1 Å². The molecule has 1 saturated carbocycles. The Morgan fingerprint density at radius 1 is 0.929 bits per heavy atom. The molecule has 1 aromatic carbocycles. The SMILES string of the molecule is O=C(Nc1ccc(OC2CCCC2)cc1)N1CCN(C(=O)[C@H]2CCCO2)CC1. The van der Waals surface area contributed by atoms with Crippen molar-refractivity contribution in [2.75, 3.05) is 38.1 Å². The third-order valence-electron chi connectivity index (χ3n) is 5.79. The van der Waals surface area contributed by atoms with Gasteiger partial charge in [0.25, 0.3) is 5.91 Å². The second-order valence-corrected chi connectivity index (χ2v) is 7.79. The fourth-order valence-electron chi connectivity index (χ4n) is 4.12. The number of carbonyl (C=O) groups excluding carboxylic acids is 2. The van der Waals surface area contributed by atoms with E-state index in [0.29, 0.717) is 38.9 Å². The molecular formula is C21H29N3O4. The van der Waals surface area contributed by atoms with Gasteiger partial charge in [0.05, 0.1) is 6.10 Å². The lowest BCUT2D eigenvalue weighted by molar-refractivity contribution is -0.142. The van der Waals surface area contributed by atoms with Gasteiger partial charge in [0.1, 0.15) is 11.9 Å². The molecule has 2 aliphatic heterocycles. The van der Waals surface area contributed by atoms with Crippen LogP contribution in [0.1, 0.15) is 38.5 Å². The van der Waals surface area contributed by atoms with Gasteiger partial charge in [0.2, 0.25) is 0 Å². The molecule has 0 aromatic heterocycles.